The largest absolute Gasteiger partial charge is 0.317 e. The first-order valence-corrected chi connectivity index (χ1v) is 39.4. The topological polar surface area (TPSA) is 57.8 Å². The van der Waals surface area contributed by atoms with Crippen LogP contribution >= 0.6 is 34.0 Å². The van der Waals surface area contributed by atoms with Crippen molar-refractivity contribution in [1.82, 2.24) is 28.7 Å². The third-order valence-corrected chi connectivity index (χ3v) is 25.9. The van der Waals surface area contributed by atoms with Gasteiger partial charge in [-0.3, -0.25) is 0 Å². The first kappa shape index (κ1) is 62.3. The molecule has 7 nitrogen and oxygen atoms in total. The molecule has 23 aromatic rings. The quantitative estimate of drug-likeness (QED) is 0.128. The van der Waals surface area contributed by atoms with Crippen LogP contribution in [-0.4, -0.2) is 28.7 Å². The van der Waals surface area contributed by atoms with Gasteiger partial charge in [-0.25, -0.2) is 19.8 Å². The molecule has 0 unspecified atom stereocenters. The van der Waals surface area contributed by atoms with E-state index in [4.69, 9.17) is 19.8 Å². The lowest BCUT2D eigenvalue weighted by molar-refractivity contribution is 1.04. The summed E-state index contributed by atoms with van der Waals surface area (Å²) < 4.78 is 14.6. The van der Waals surface area contributed by atoms with E-state index >= 15 is 0 Å². The Morgan fingerprint density at radius 2 is 0.555 bits per heavy atom. The van der Waals surface area contributed by atoms with Crippen molar-refractivity contribution in [2.75, 3.05) is 0 Å². The molecule has 0 aliphatic rings. The standard InChI is InChI=1S/C100H57N7S3/c1-101-79-58-78(100-103-98(63-32-16-6-17-33-63)102-99(104-100)64-34-18-7-19-35-64)92(105-81-47-40-65(59-24-8-2-9-25-59)56-76(81)90-84(105)50-45-71-74-54-67(61-28-12-4-13-29-61)42-52-87(74)109-96(71)90)94(107-80-38-22-20-37-73(80)89-83(107)49-44-70-69-36-21-23-39-86(69)108-95(70)89)93(79)106-82-48-41-66(60-26-10-3-11-27-60)57-77(82)91-85(106)51-46-72-75-55-68(62-30-14-5-15-31-62)43-53-88(75)110-97(72)91/h2-58H. The lowest BCUT2D eigenvalue weighted by atomic mass is 10.0. The lowest BCUT2D eigenvalue weighted by Crippen LogP contribution is -2.12. The van der Waals surface area contributed by atoms with Crippen molar-refractivity contribution in [2.24, 2.45) is 0 Å². The number of rotatable bonds is 10. The van der Waals surface area contributed by atoms with Gasteiger partial charge in [-0.1, -0.05) is 261 Å². The van der Waals surface area contributed by atoms with Crippen molar-refractivity contribution in [3.05, 3.63) is 357 Å². The molecule has 0 aliphatic carbocycles. The third-order valence-electron chi connectivity index (χ3n) is 22.3. The molecule has 0 aliphatic heterocycles. The predicted molar refractivity (Wildman–Crippen MR) is 466 cm³/mol. The van der Waals surface area contributed by atoms with E-state index in [1.54, 1.807) is 0 Å². The minimum atomic E-state index is 0.415. The monoisotopic (exact) mass is 1450 g/mol. The van der Waals surface area contributed by atoms with Gasteiger partial charge in [-0.2, -0.15) is 0 Å². The average molecular weight is 1450 g/mol. The van der Waals surface area contributed by atoms with E-state index in [9.17, 15) is 6.57 Å². The number of para-hydroxylation sites is 1. The molecule has 510 valence electrons. The molecule has 0 N–H and O–H groups in total. The molecular formula is C100H57N7S3. The zero-order chi connectivity index (χ0) is 72.2. The SMILES string of the molecule is [C-]#[N+]c1cc(-c2nc(-c3ccccc3)nc(-c3ccccc3)n2)c(-n2c3ccc(-c4ccccc4)cc3c3c4sc5ccc(-c6ccccc6)cc5c4ccc32)c(-n2c3ccccc3c3c4sc5ccccc5c4ccc32)c1-n1c2ccc(-c3ccccc3)cc2c2c3sc4ccc(-c5ccccc5)cc4c3ccc21. The van der Waals surface area contributed by atoms with Crippen molar-refractivity contribution >= 4 is 166 Å². The second kappa shape index (κ2) is 24.6. The molecule has 7 heterocycles. The van der Waals surface area contributed by atoms with Crippen LogP contribution in [0.5, 0.6) is 0 Å². The maximum Gasteiger partial charge on any atom is 0.213 e. The van der Waals surface area contributed by atoms with Gasteiger partial charge in [-0.15, -0.1) is 34.0 Å². The number of fused-ring (bicyclic) bond motifs is 21. The zero-order valence-electron chi connectivity index (χ0n) is 58.8. The Bertz CT molecular complexity index is 7760. The Balaban J connectivity index is 0.945. The van der Waals surface area contributed by atoms with E-state index in [2.05, 4.69) is 323 Å². The van der Waals surface area contributed by atoms with Gasteiger partial charge in [0.1, 0.15) is 0 Å². The third kappa shape index (κ3) is 9.49. The normalized spacial score (nSPS) is 12.0. The van der Waals surface area contributed by atoms with Gasteiger partial charge in [-0.05, 0) is 129 Å². The van der Waals surface area contributed by atoms with E-state index < -0.39 is 0 Å². The molecule has 0 bridgehead atoms. The maximum absolute atomic E-state index is 10.1. The Hall–Kier alpha value is -13.9. The first-order valence-electron chi connectivity index (χ1n) is 36.9. The fraction of sp³-hybridized carbons (Fsp3) is 0. The van der Waals surface area contributed by atoms with Gasteiger partial charge < -0.3 is 13.7 Å². The van der Waals surface area contributed by atoms with Gasteiger partial charge in [0.2, 0.25) is 5.69 Å². The number of benzene rings is 16. The highest BCUT2D eigenvalue weighted by molar-refractivity contribution is 7.27. The van der Waals surface area contributed by atoms with Crippen LogP contribution in [0.1, 0.15) is 0 Å². The van der Waals surface area contributed by atoms with E-state index in [0.717, 1.165) is 110 Å². The Morgan fingerprint density at radius 3 is 1.01 bits per heavy atom. The summed E-state index contributed by atoms with van der Waals surface area (Å²) in [7, 11) is 0. The minimum Gasteiger partial charge on any atom is -0.317 e. The number of aromatic nitrogens is 6. The highest BCUT2D eigenvalue weighted by Gasteiger charge is 2.34. The molecule has 0 fully saturated rings. The van der Waals surface area contributed by atoms with Crippen LogP contribution in [0.4, 0.5) is 5.69 Å². The summed E-state index contributed by atoms with van der Waals surface area (Å²) in [6.45, 7) is 10.1. The van der Waals surface area contributed by atoms with Gasteiger partial charge >= 0.3 is 0 Å². The molecule has 7 aromatic heterocycles. The Labute approximate surface area is 642 Å². The molecule has 0 atom stereocenters. The highest BCUT2D eigenvalue weighted by Crippen LogP contribution is 2.55. The van der Waals surface area contributed by atoms with E-state index in [1.165, 1.54) is 82.8 Å². The summed E-state index contributed by atoms with van der Waals surface area (Å²) in [5.74, 6) is 1.44. The zero-order valence-corrected chi connectivity index (χ0v) is 61.2. The maximum atomic E-state index is 10.1. The van der Waals surface area contributed by atoms with Crippen LogP contribution < -0.4 is 0 Å². The summed E-state index contributed by atoms with van der Waals surface area (Å²) >= 11 is 5.52. The fourth-order valence-electron chi connectivity index (χ4n) is 17.4. The van der Waals surface area contributed by atoms with Crippen LogP contribution in [0.15, 0.2) is 346 Å². The summed E-state index contributed by atoms with van der Waals surface area (Å²) in [5, 5.41) is 13.8. The number of hydrogen-bond donors (Lipinski definition) is 0. The van der Waals surface area contributed by atoms with Crippen LogP contribution in [0.3, 0.4) is 0 Å². The summed E-state index contributed by atoms with van der Waals surface area (Å²) in [5.41, 5.74) is 20.0. The molecule has 10 heteroatoms. The van der Waals surface area contributed by atoms with E-state index in [0.29, 0.717) is 34.4 Å². The number of hydrogen-bond acceptors (Lipinski definition) is 6. The molecule has 0 spiro atoms. The summed E-state index contributed by atoms with van der Waals surface area (Å²) in [6, 6.07) is 125. The smallest absolute Gasteiger partial charge is 0.213 e. The molecule has 0 amide bonds. The van der Waals surface area contributed by atoms with Crippen molar-refractivity contribution in [2.45, 2.75) is 0 Å². The van der Waals surface area contributed by atoms with Crippen molar-refractivity contribution in [1.29, 1.82) is 0 Å². The first-order chi connectivity index (χ1) is 54.5. The summed E-state index contributed by atoms with van der Waals surface area (Å²) in [6.07, 6.45) is 0. The highest BCUT2D eigenvalue weighted by atomic mass is 32.1. The summed E-state index contributed by atoms with van der Waals surface area (Å²) in [4.78, 5) is 21.8. The average Bonchev–Trinajstić information content (AvgIpc) is 1.52. The van der Waals surface area contributed by atoms with Crippen LogP contribution in [0.25, 0.3) is 227 Å². The van der Waals surface area contributed by atoms with Crippen molar-refractivity contribution in [3.63, 3.8) is 0 Å². The second-order valence-electron chi connectivity index (χ2n) is 28.3. The fourth-order valence-corrected chi connectivity index (χ4v) is 21.1. The van der Waals surface area contributed by atoms with Crippen LogP contribution in [0.2, 0.25) is 0 Å². The van der Waals surface area contributed by atoms with Gasteiger partial charge in [0.25, 0.3) is 0 Å². The molecule has 23 rings (SSSR count). The Morgan fingerprint density at radius 1 is 0.227 bits per heavy atom. The molecular weight excluding hydrogens is 1400 g/mol. The molecule has 0 radical (unpaired) electrons. The minimum absolute atomic E-state index is 0.415. The number of thiophene rings is 3. The van der Waals surface area contributed by atoms with Gasteiger partial charge in [0.15, 0.2) is 17.5 Å². The van der Waals surface area contributed by atoms with Crippen LogP contribution in [-0.2, 0) is 0 Å². The second-order valence-corrected chi connectivity index (χ2v) is 31.5. The van der Waals surface area contributed by atoms with E-state index in [1.807, 2.05) is 70.4 Å². The molecule has 16 aromatic carbocycles. The van der Waals surface area contributed by atoms with Crippen molar-refractivity contribution < 1.29 is 0 Å². The molecule has 0 saturated heterocycles. The molecule has 0 saturated carbocycles. The lowest BCUT2D eigenvalue weighted by Gasteiger charge is -2.26. The number of nitrogens with zero attached hydrogens (tertiary/aromatic N) is 7. The Kier molecular flexibility index (Phi) is 13.9. The van der Waals surface area contributed by atoms with E-state index in [-0.39, 0.29) is 0 Å². The van der Waals surface area contributed by atoms with Gasteiger partial charge in [0.05, 0.1) is 56.7 Å². The predicted octanol–water partition coefficient (Wildman–Crippen LogP) is 28.5. The van der Waals surface area contributed by atoms with Crippen molar-refractivity contribution in [3.8, 4) is 95.7 Å². The van der Waals surface area contributed by atoms with Gasteiger partial charge in [0, 0.05) is 110 Å². The van der Waals surface area contributed by atoms with Crippen LogP contribution in [0, 0.1) is 6.57 Å². The molecule has 110 heavy (non-hydrogen) atoms.